The molecule has 2 aromatic heterocycles. The summed E-state index contributed by atoms with van der Waals surface area (Å²) in [6.07, 6.45) is -4.55. The molecule has 1 N–H and O–H groups in total. The van der Waals surface area contributed by atoms with Crippen LogP contribution in [0.2, 0.25) is 0 Å². The van der Waals surface area contributed by atoms with Gasteiger partial charge >= 0.3 is 12.1 Å². The molecule has 4 rings (SSSR count). The van der Waals surface area contributed by atoms with Crippen molar-refractivity contribution in [3.63, 3.8) is 0 Å². The number of amides is 2. The predicted octanol–water partition coefficient (Wildman–Crippen LogP) is 5.86. The Kier molecular flexibility index (Phi) is 6.57. The van der Waals surface area contributed by atoms with Crippen molar-refractivity contribution in [1.29, 1.82) is 0 Å². The van der Waals surface area contributed by atoms with E-state index in [2.05, 4.69) is 15.1 Å². The summed E-state index contributed by atoms with van der Waals surface area (Å²) in [6.45, 7) is 8.76. The van der Waals surface area contributed by atoms with E-state index in [0.717, 1.165) is 17.7 Å². The Bertz CT molecular complexity index is 1420. The van der Waals surface area contributed by atoms with Crippen LogP contribution in [-0.2, 0) is 28.9 Å². The van der Waals surface area contributed by atoms with E-state index in [1.165, 1.54) is 33.8 Å². The minimum atomic E-state index is -4.55. The number of hydrogen-bond donors (Lipinski definition) is 1. The molecule has 0 bridgehead atoms. The summed E-state index contributed by atoms with van der Waals surface area (Å²) in [4.78, 5) is 33.6. The van der Waals surface area contributed by atoms with Crippen molar-refractivity contribution in [2.24, 2.45) is 0 Å². The summed E-state index contributed by atoms with van der Waals surface area (Å²) in [7, 11) is 0. The highest BCUT2D eigenvalue weighted by atomic mass is 32.1. The lowest BCUT2D eigenvalue weighted by Gasteiger charge is -2.23. The number of carbonyl (C=O) groups is 2. The van der Waals surface area contributed by atoms with Gasteiger partial charge in [-0.3, -0.25) is 14.2 Å². The van der Waals surface area contributed by atoms with Gasteiger partial charge in [0, 0.05) is 18.3 Å². The average molecular weight is 498 g/mol. The van der Waals surface area contributed by atoms with Gasteiger partial charge in [-0.2, -0.15) is 24.5 Å². The van der Waals surface area contributed by atoms with E-state index in [1.807, 2.05) is 16.8 Å². The van der Waals surface area contributed by atoms with Gasteiger partial charge in [-0.05, 0) is 64.9 Å². The van der Waals surface area contributed by atoms with Crippen LogP contribution in [0.25, 0.3) is 15.9 Å². The average Bonchev–Trinajstić information content (AvgIpc) is 3.44. The van der Waals surface area contributed by atoms with Crippen LogP contribution in [-0.4, -0.2) is 21.4 Å². The first-order chi connectivity index (χ1) is 16.7. The molecule has 0 aliphatic carbocycles. The standard InChI is InChI=1S/C24H18F3N5O2S/c1-15(33)29-18-4-6-19(7-5-18)31(12-16-9-10-35-14-16)22(34)13-32-21-8-3-17(24(25,26)27)11-20(21)30-23(32)28-2/h3-11,14H,12-13H2,1H3,(H,29,33). The lowest BCUT2D eigenvalue weighted by atomic mass is 10.2. The zero-order chi connectivity index (χ0) is 25.2. The molecule has 0 unspecified atom stereocenters. The number of aromatic nitrogens is 2. The Labute approximate surface area is 202 Å². The van der Waals surface area contributed by atoms with Gasteiger partial charge in [0.1, 0.15) is 12.1 Å². The second-order valence-electron chi connectivity index (χ2n) is 7.65. The maximum Gasteiger partial charge on any atom is 0.416 e. The summed E-state index contributed by atoms with van der Waals surface area (Å²) >= 11 is 1.48. The Morgan fingerprint density at radius 2 is 1.91 bits per heavy atom. The van der Waals surface area contributed by atoms with Crippen LogP contribution >= 0.6 is 11.3 Å². The number of imidazole rings is 1. The van der Waals surface area contributed by atoms with Crippen LogP contribution in [0.5, 0.6) is 0 Å². The molecule has 0 radical (unpaired) electrons. The number of fused-ring (bicyclic) bond motifs is 1. The summed E-state index contributed by atoms with van der Waals surface area (Å²) < 4.78 is 40.6. The van der Waals surface area contributed by atoms with Crippen molar-refractivity contribution in [3.05, 3.63) is 81.8 Å². The molecule has 0 aliphatic rings. The van der Waals surface area contributed by atoms with Crippen LogP contribution in [0, 0.1) is 6.57 Å². The maximum atomic E-state index is 13.5. The van der Waals surface area contributed by atoms with E-state index in [1.54, 1.807) is 24.3 Å². The quantitative estimate of drug-likeness (QED) is 0.339. The largest absolute Gasteiger partial charge is 0.416 e. The van der Waals surface area contributed by atoms with Crippen LogP contribution in [0.1, 0.15) is 18.1 Å². The molecule has 0 saturated heterocycles. The topological polar surface area (TPSA) is 71.6 Å². The number of carbonyl (C=O) groups excluding carboxylic acids is 2. The zero-order valence-corrected chi connectivity index (χ0v) is 19.2. The minimum Gasteiger partial charge on any atom is -0.396 e. The third kappa shape index (κ3) is 5.33. The van der Waals surface area contributed by atoms with Crippen LogP contribution in [0.15, 0.2) is 59.3 Å². The van der Waals surface area contributed by atoms with Crippen molar-refractivity contribution < 1.29 is 22.8 Å². The lowest BCUT2D eigenvalue weighted by Crippen LogP contribution is -2.33. The first kappa shape index (κ1) is 24.0. The van der Waals surface area contributed by atoms with E-state index in [-0.39, 0.29) is 41.9 Å². The van der Waals surface area contributed by atoms with E-state index in [9.17, 15) is 22.8 Å². The van der Waals surface area contributed by atoms with Gasteiger partial charge in [0.25, 0.3) is 5.91 Å². The normalized spacial score (nSPS) is 11.3. The lowest BCUT2D eigenvalue weighted by molar-refractivity contribution is -0.137. The molecule has 2 aromatic carbocycles. The fraction of sp³-hybridized carbons (Fsp3) is 0.167. The summed E-state index contributed by atoms with van der Waals surface area (Å²) in [5.41, 5.74) is 1.39. The van der Waals surface area contributed by atoms with Crippen molar-refractivity contribution >= 4 is 51.5 Å². The smallest absolute Gasteiger partial charge is 0.396 e. The zero-order valence-electron chi connectivity index (χ0n) is 18.3. The summed E-state index contributed by atoms with van der Waals surface area (Å²) in [5, 5.41) is 6.46. The molecule has 2 heterocycles. The Hall–Kier alpha value is -4.17. The van der Waals surface area contributed by atoms with Crippen LogP contribution in [0.3, 0.4) is 0 Å². The number of alkyl halides is 3. The molecule has 2 amide bonds. The van der Waals surface area contributed by atoms with Gasteiger partial charge in [-0.25, -0.2) is 0 Å². The third-order valence-electron chi connectivity index (χ3n) is 5.17. The monoisotopic (exact) mass is 497 g/mol. The SMILES string of the molecule is [C-]#[N+]c1nc2cc(C(F)(F)F)ccc2n1CC(=O)N(Cc1ccsc1)c1ccc(NC(C)=O)cc1. The molecule has 11 heteroatoms. The molecule has 0 aliphatic heterocycles. The number of anilines is 2. The molecule has 0 saturated carbocycles. The van der Waals surface area contributed by atoms with E-state index >= 15 is 0 Å². The molecule has 178 valence electrons. The Morgan fingerprint density at radius 1 is 1.17 bits per heavy atom. The Balaban J connectivity index is 1.68. The first-order valence-corrected chi connectivity index (χ1v) is 11.2. The van der Waals surface area contributed by atoms with Gasteiger partial charge in [0.05, 0.1) is 12.1 Å². The molecule has 35 heavy (non-hydrogen) atoms. The number of thiophene rings is 1. The van der Waals surface area contributed by atoms with E-state index < -0.39 is 11.7 Å². The highest BCUT2D eigenvalue weighted by Gasteiger charge is 2.32. The van der Waals surface area contributed by atoms with Gasteiger partial charge in [0.15, 0.2) is 5.52 Å². The second-order valence-corrected chi connectivity index (χ2v) is 8.43. The molecule has 0 fully saturated rings. The summed E-state index contributed by atoms with van der Waals surface area (Å²) in [6, 6.07) is 11.6. The fourth-order valence-electron chi connectivity index (χ4n) is 3.57. The van der Waals surface area contributed by atoms with E-state index in [0.29, 0.717) is 11.4 Å². The van der Waals surface area contributed by atoms with Gasteiger partial charge in [-0.15, -0.1) is 11.6 Å². The molecule has 7 nitrogen and oxygen atoms in total. The number of rotatable bonds is 6. The van der Waals surface area contributed by atoms with Crippen LogP contribution in [0.4, 0.5) is 30.5 Å². The maximum absolute atomic E-state index is 13.5. The summed E-state index contributed by atoms with van der Waals surface area (Å²) in [5.74, 6) is -0.784. The van der Waals surface area contributed by atoms with Crippen molar-refractivity contribution in [2.45, 2.75) is 26.2 Å². The number of benzene rings is 2. The van der Waals surface area contributed by atoms with Crippen molar-refractivity contribution in [3.8, 4) is 0 Å². The van der Waals surface area contributed by atoms with Gasteiger partial charge in [0.2, 0.25) is 5.91 Å². The number of hydrogen-bond acceptors (Lipinski definition) is 4. The third-order valence-corrected chi connectivity index (χ3v) is 5.90. The second kappa shape index (κ2) is 9.60. The minimum absolute atomic E-state index is 0.0114. The van der Waals surface area contributed by atoms with Crippen molar-refractivity contribution in [2.75, 3.05) is 10.2 Å². The first-order valence-electron chi connectivity index (χ1n) is 10.3. The molecular formula is C24H18F3N5O2S. The number of nitrogens with zero attached hydrogens (tertiary/aromatic N) is 4. The molecule has 0 spiro atoms. The number of halogens is 3. The predicted molar refractivity (Wildman–Crippen MR) is 127 cm³/mol. The highest BCUT2D eigenvalue weighted by Crippen LogP contribution is 2.33. The van der Waals surface area contributed by atoms with Crippen molar-refractivity contribution in [1.82, 2.24) is 9.55 Å². The van der Waals surface area contributed by atoms with Crippen LogP contribution < -0.4 is 10.2 Å². The molecular weight excluding hydrogens is 479 g/mol. The van der Waals surface area contributed by atoms with Gasteiger partial charge < -0.3 is 15.1 Å². The highest BCUT2D eigenvalue weighted by molar-refractivity contribution is 7.07. The molecule has 4 aromatic rings. The Morgan fingerprint density at radius 3 is 2.51 bits per heavy atom. The van der Waals surface area contributed by atoms with E-state index in [4.69, 9.17) is 6.57 Å². The molecule has 0 atom stereocenters. The fourth-order valence-corrected chi connectivity index (χ4v) is 4.23. The number of nitrogens with one attached hydrogen (secondary N) is 1. The van der Waals surface area contributed by atoms with Gasteiger partial charge in [-0.1, -0.05) is 0 Å².